The normalized spacial score (nSPS) is 11.7. The number of nitriles is 1. The molecule has 2 aromatic carbocycles. The minimum absolute atomic E-state index is 0.142. The molecule has 0 bridgehead atoms. The Morgan fingerprint density at radius 2 is 1.89 bits per heavy atom. The summed E-state index contributed by atoms with van der Waals surface area (Å²) in [5.41, 5.74) is 1.70. The zero-order valence-corrected chi connectivity index (χ0v) is 15.8. The van der Waals surface area contributed by atoms with E-state index in [0.29, 0.717) is 34.1 Å². The van der Waals surface area contributed by atoms with Crippen molar-refractivity contribution in [3.63, 3.8) is 0 Å². The summed E-state index contributed by atoms with van der Waals surface area (Å²) in [6, 6.07) is 16.4. The first-order chi connectivity index (χ1) is 13.1. The number of thioether (sulfide) groups is 1. The summed E-state index contributed by atoms with van der Waals surface area (Å²) in [5, 5.41) is 27.7. The van der Waals surface area contributed by atoms with E-state index in [1.54, 1.807) is 36.4 Å². The molecule has 0 saturated heterocycles. The Labute approximate surface area is 165 Å². The first-order valence-corrected chi connectivity index (χ1v) is 9.49. The third-order valence-electron chi connectivity index (χ3n) is 3.55. The second-order valence-corrected chi connectivity index (χ2v) is 7.04. The Balaban J connectivity index is 1.46. The van der Waals surface area contributed by atoms with E-state index in [2.05, 4.69) is 16.3 Å². The number of aromatic nitrogens is 2. The molecule has 0 saturated carbocycles. The van der Waals surface area contributed by atoms with Gasteiger partial charge in [-0.05, 0) is 42.0 Å². The molecule has 0 aliphatic heterocycles. The number of rotatable bonds is 8. The van der Waals surface area contributed by atoms with E-state index in [9.17, 15) is 5.11 Å². The molecule has 0 aliphatic rings. The maximum atomic E-state index is 10.1. The highest BCUT2D eigenvalue weighted by Crippen LogP contribution is 2.24. The van der Waals surface area contributed by atoms with Crippen LogP contribution in [0, 0.1) is 11.3 Å². The van der Waals surface area contributed by atoms with E-state index in [1.165, 1.54) is 11.8 Å². The zero-order chi connectivity index (χ0) is 19.1. The molecule has 3 rings (SSSR count). The van der Waals surface area contributed by atoms with E-state index >= 15 is 0 Å². The molecule has 1 N–H and O–H groups in total. The molecule has 0 radical (unpaired) electrons. The maximum absolute atomic E-state index is 10.1. The van der Waals surface area contributed by atoms with Crippen LogP contribution in [0.4, 0.5) is 0 Å². The van der Waals surface area contributed by atoms with Crippen molar-refractivity contribution in [2.24, 2.45) is 0 Å². The number of aliphatic hydroxyl groups is 1. The van der Waals surface area contributed by atoms with Gasteiger partial charge in [-0.1, -0.05) is 35.5 Å². The van der Waals surface area contributed by atoms with Crippen LogP contribution < -0.4 is 4.74 Å². The Morgan fingerprint density at radius 3 is 2.59 bits per heavy atom. The van der Waals surface area contributed by atoms with Crippen molar-refractivity contribution in [1.29, 1.82) is 5.26 Å². The highest BCUT2D eigenvalue weighted by molar-refractivity contribution is 7.99. The minimum Gasteiger partial charge on any atom is -0.491 e. The van der Waals surface area contributed by atoms with E-state index in [0.717, 1.165) is 11.1 Å². The number of hydrogen-bond acceptors (Lipinski definition) is 7. The van der Waals surface area contributed by atoms with E-state index in [-0.39, 0.29) is 6.61 Å². The fourth-order valence-electron chi connectivity index (χ4n) is 2.18. The summed E-state index contributed by atoms with van der Waals surface area (Å²) in [6.45, 7) is 0.142. The lowest BCUT2D eigenvalue weighted by atomic mass is 10.2. The number of aliphatic hydroxyl groups excluding tert-OH is 1. The molecule has 6 nitrogen and oxygen atoms in total. The molecule has 0 amide bonds. The van der Waals surface area contributed by atoms with Crippen LogP contribution in [0.5, 0.6) is 5.75 Å². The van der Waals surface area contributed by atoms with E-state index in [1.807, 2.05) is 12.1 Å². The molecular weight excluding hydrogens is 386 g/mol. The van der Waals surface area contributed by atoms with Gasteiger partial charge in [-0.3, -0.25) is 0 Å². The molecule has 0 spiro atoms. The van der Waals surface area contributed by atoms with Gasteiger partial charge >= 0.3 is 0 Å². The molecule has 0 aliphatic carbocycles. The third-order valence-corrected chi connectivity index (χ3v) is 4.76. The smallest absolute Gasteiger partial charge is 0.276 e. The summed E-state index contributed by atoms with van der Waals surface area (Å²) in [5.74, 6) is 1.40. The molecule has 1 heterocycles. The fraction of sp³-hybridized carbons (Fsp3) is 0.211. The van der Waals surface area contributed by atoms with Gasteiger partial charge in [0.1, 0.15) is 12.4 Å². The molecule has 0 unspecified atom stereocenters. The molecule has 8 heteroatoms. The highest BCUT2D eigenvalue weighted by Gasteiger charge is 2.12. The number of hydrogen-bond donors (Lipinski definition) is 1. The van der Waals surface area contributed by atoms with Crippen LogP contribution in [0.2, 0.25) is 5.02 Å². The SMILES string of the molecule is N#CCc1ccc(OC[C@H](O)CSc2nnc(-c3ccc(Cl)cc3)o2)cc1. The Hall–Kier alpha value is -2.53. The van der Waals surface area contributed by atoms with Gasteiger partial charge in [0.2, 0.25) is 5.89 Å². The van der Waals surface area contributed by atoms with Crippen molar-refractivity contribution in [2.45, 2.75) is 17.7 Å². The summed E-state index contributed by atoms with van der Waals surface area (Å²) in [6.07, 6.45) is -0.332. The first-order valence-electron chi connectivity index (χ1n) is 8.13. The van der Waals surface area contributed by atoms with E-state index in [4.69, 9.17) is 26.0 Å². The first kappa shape index (κ1) is 19.2. The molecule has 0 fully saturated rings. The molecular formula is C19H16ClN3O3S. The summed E-state index contributed by atoms with van der Waals surface area (Å²) >= 11 is 7.12. The Morgan fingerprint density at radius 1 is 1.15 bits per heavy atom. The van der Waals surface area contributed by atoms with Gasteiger partial charge in [0.25, 0.3) is 5.22 Å². The molecule has 1 aromatic heterocycles. The van der Waals surface area contributed by atoms with Gasteiger partial charge < -0.3 is 14.3 Å². The third kappa shape index (κ3) is 5.73. The van der Waals surface area contributed by atoms with Crippen molar-refractivity contribution in [1.82, 2.24) is 10.2 Å². The van der Waals surface area contributed by atoms with Gasteiger partial charge in [-0.25, -0.2) is 0 Å². The fourth-order valence-corrected chi connectivity index (χ4v) is 2.97. The van der Waals surface area contributed by atoms with Crippen LogP contribution in [0.25, 0.3) is 11.5 Å². The monoisotopic (exact) mass is 401 g/mol. The van der Waals surface area contributed by atoms with Crippen LogP contribution in [0.15, 0.2) is 58.2 Å². The topological polar surface area (TPSA) is 92.2 Å². The lowest BCUT2D eigenvalue weighted by Gasteiger charge is -2.11. The summed E-state index contributed by atoms with van der Waals surface area (Å²) in [7, 11) is 0. The van der Waals surface area contributed by atoms with Crippen molar-refractivity contribution in [2.75, 3.05) is 12.4 Å². The number of benzene rings is 2. The van der Waals surface area contributed by atoms with Gasteiger partial charge in [0.15, 0.2) is 0 Å². The molecule has 1 atom stereocenters. The van der Waals surface area contributed by atoms with Crippen molar-refractivity contribution >= 4 is 23.4 Å². The lowest BCUT2D eigenvalue weighted by Crippen LogP contribution is -2.20. The van der Waals surface area contributed by atoms with Crippen LogP contribution in [-0.2, 0) is 6.42 Å². The van der Waals surface area contributed by atoms with Gasteiger partial charge in [-0.15, -0.1) is 10.2 Å². The van der Waals surface area contributed by atoms with Crippen LogP contribution in [0.1, 0.15) is 5.56 Å². The predicted molar refractivity (Wildman–Crippen MR) is 103 cm³/mol. The van der Waals surface area contributed by atoms with Gasteiger partial charge in [-0.2, -0.15) is 5.26 Å². The van der Waals surface area contributed by atoms with Crippen LogP contribution in [0.3, 0.4) is 0 Å². The summed E-state index contributed by atoms with van der Waals surface area (Å²) < 4.78 is 11.1. The lowest BCUT2D eigenvalue weighted by molar-refractivity contribution is 0.126. The minimum atomic E-state index is -0.695. The van der Waals surface area contributed by atoms with E-state index < -0.39 is 6.10 Å². The molecule has 27 heavy (non-hydrogen) atoms. The number of nitrogens with zero attached hydrogens (tertiary/aromatic N) is 3. The van der Waals surface area contributed by atoms with Gasteiger partial charge in [0, 0.05) is 16.3 Å². The van der Waals surface area contributed by atoms with Crippen LogP contribution in [-0.4, -0.2) is 33.8 Å². The number of ether oxygens (including phenoxy) is 1. The van der Waals surface area contributed by atoms with Crippen molar-refractivity contribution in [3.05, 3.63) is 59.1 Å². The summed E-state index contributed by atoms with van der Waals surface area (Å²) in [4.78, 5) is 0. The predicted octanol–water partition coefficient (Wildman–Crippen LogP) is 3.99. The average molecular weight is 402 g/mol. The van der Waals surface area contributed by atoms with Crippen LogP contribution >= 0.6 is 23.4 Å². The largest absolute Gasteiger partial charge is 0.491 e. The average Bonchev–Trinajstić information content (AvgIpc) is 3.16. The highest BCUT2D eigenvalue weighted by atomic mass is 35.5. The van der Waals surface area contributed by atoms with Gasteiger partial charge in [0.05, 0.1) is 18.6 Å². The second-order valence-electron chi connectivity index (χ2n) is 5.63. The molecule has 3 aromatic rings. The Kier molecular flexibility index (Phi) is 6.71. The maximum Gasteiger partial charge on any atom is 0.276 e. The standard InChI is InChI=1S/C19H16ClN3O3S/c20-15-5-3-14(4-6-15)18-22-23-19(26-18)27-12-16(24)11-25-17-7-1-13(2-8-17)9-10-21/h1-8,16,24H,9,11-12H2/t16-/m0/s1. The second kappa shape index (κ2) is 9.42. The molecule has 138 valence electrons. The van der Waals surface area contributed by atoms with Crippen molar-refractivity contribution in [3.8, 4) is 23.3 Å². The Bertz CT molecular complexity index is 907. The zero-order valence-electron chi connectivity index (χ0n) is 14.2. The number of halogens is 1. The van der Waals surface area contributed by atoms with Crippen molar-refractivity contribution < 1.29 is 14.3 Å². The quantitative estimate of drug-likeness (QED) is 0.570.